The van der Waals surface area contributed by atoms with Crippen LogP contribution in [0.2, 0.25) is 0 Å². The van der Waals surface area contributed by atoms with Crippen LogP contribution in [0.3, 0.4) is 0 Å². The zero-order valence-electron chi connectivity index (χ0n) is 13.0. The maximum absolute atomic E-state index is 11.9. The van der Waals surface area contributed by atoms with Crippen molar-refractivity contribution in [3.8, 4) is 0 Å². The Bertz CT molecular complexity index is 458. The van der Waals surface area contributed by atoms with E-state index in [0.29, 0.717) is 23.5 Å². The van der Waals surface area contributed by atoms with E-state index in [2.05, 4.69) is 20.8 Å². The van der Waals surface area contributed by atoms with Crippen LogP contribution < -0.4 is 11.5 Å². The zero-order valence-corrected chi connectivity index (χ0v) is 13.0. The molecule has 4 nitrogen and oxygen atoms in total. The molecule has 0 radical (unpaired) electrons. The Hall–Kier alpha value is -1.71. The summed E-state index contributed by atoms with van der Waals surface area (Å²) in [5.74, 6) is -0.363. The number of hydrogen-bond acceptors (Lipinski definition) is 4. The number of anilines is 2. The van der Waals surface area contributed by atoms with Crippen molar-refractivity contribution < 1.29 is 9.53 Å². The minimum Gasteiger partial charge on any atom is -0.462 e. The molecule has 0 unspecified atom stereocenters. The Labute approximate surface area is 121 Å². The van der Waals surface area contributed by atoms with Crippen molar-refractivity contribution in [1.82, 2.24) is 0 Å². The molecule has 20 heavy (non-hydrogen) atoms. The summed E-state index contributed by atoms with van der Waals surface area (Å²) in [6, 6.07) is 3.33. The molecular weight excluding hydrogens is 252 g/mol. The number of ether oxygens (including phenoxy) is 1. The van der Waals surface area contributed by atoms with Gasteiger partial charge in [0.2, 0.25) is 0 Å². The summed E-state index contributed by atoms with van der Waals surface area (Å²) in [6.45, 7) is 8.75. The van der Waals surface area contributed by atoms with E-state index >= 15 is 0 Å². The van der Waals surface area contributed by atoms with Crippen LogP contribution in [0.1, 0.15) is 62.9 Å². The fourth-order valence-electron chi connectivity index (χ4n) is 2.16. The van der Waals surface area contributed by atoms with Gasteiger partial charge in [-0.25, -0.2) is 4.79 Å². The third-order valence-electron chi connectivity index (χ3n) is 3.73. The molecule has 0 heterocycles. The van der Waals surface area contributed by atoms with Crippen LogP contribution in [0, 0.1) is 0 Å². The molecule has 0 fully saturated rings. The molecule has 0 aliphatic carbocycles. The van der Waals surface area contributed by atoms with Crippen LogP contribution in [0.5, 0.6) is 0 Å². The molecular formula is C16H26N2O2. The van der Waals surface area contributed by atoms with Crippen molar-refractivity contribution in [2.24, 2.45) is 0 Å². The number of esters is 1. The van der Waals surface area contributed by atoms with Gasteiger partial charge in [-0.2, -0.15) is 0 Å². The molecule has 112 valence electrons. The van der Waals surface area contributed by atoms with Gasteiger partial charge in [0.1, 0.15) is 0 Å². The summed E-state index contributed by atoms with van der Waals surface area (Å²) in [7, 11) is 0. The SMILES string of the molecule is CCCCOC(=O)c1cc(N)c(C(C)(C)CC)c(N)c1. The Kier molecular flexibility index (Phi) is 5.43. The molecule has 1 aromatic carbocycles. The number of rotatable bonds is 6. The minimum absolute atomic E-state index is 0.112. The molecule has 0 aliphatic heterocycles. The Balaban J connectivity index is 3.02. The summed E-state index contributed by atoms with van der Waals surface area (Å²) in [6.07, 6.45) is 2.76. The fraction of sp³-hybridized carbons (Fsp3) is 0.562. The van der Waals surface area contributed by atoms with E-state index in [4.69, 9.17) is 16.2 Å². The molecule has 0 bridgehead atoms. The van der Waals surface area contributed by atoms with Gasteiger partial charge in [0.25, 0.3) is 0 Å². The van der Waals surface area contributed by atoms with Gasteiger partial charge in [-0.1, -0.05) is 34.1 Å². The first kappa shape index (κ1) is 16.3. The largest absolute Gasteiger partial charge is 0.462 e. The van der Waals surface area contributed by atoms with Crippen LogP contribution >= 0.6 is 0 Å². The highest BCUT2D eigenvalue weighted by Crippen LogP contribution is 2.36. The maximum Gasteiger partial charge on any atom is 0.338 e. The van der Waals surface area contributed by atoms with Crippen LogP contribution in [0.15, 0.2) is 12.1 Å². The van der Waals surface area contributed by atoms with Crippen LogP contribution in [0.25, 0.3) is 0 Å². The average Bonchev–Trinajstić information content (AvgIpc) is 2.37. The van der Waals surface area contributed by atoms with Crippen molar-refractivity contribution in [2.75, 3.05) is 18.1 Å². The highest BCUT2D eigenvalue weighted by Gasteiger charge is 2.25. The average molecular weight is 278 g/mol. The zero-order chi connectivity index (χ0) is 15.3. The number of carbonyl (C=O) groups excluding carboxylic acids is 1. The predicted molar refractivity (Wildman–Crippen MR) is 83.8 cm³/mol. The number of benzene rings is 1. The van der Waals surface area contributed by atoms with Gasteiger partial charge in [0.05, 0.1) is 12.2 Å². The topological polar surface area (TPSA) is 78.3 Å². The van der Waals surface area contributed by atoms with Crippen LogP contribution in [0.4, 0.5) is 11.4 Å². The molecule has 4 heteroatoms. The number of hydrogen-bond donors (Lipinski definition) is 2. The minimum atomic E-state index is -0.363. The molecule has 1 aromatic rings. The van der Waals surface area contributed by atoms with Gasteiger partial charge in [-0.05, 0) is 30.4 Å². The summed E-state index contributed by atoms with van der Waals surface area (Å²) >= 11 is 0. The lowest BCUT2D eigenvalue weighted by Gasteiger charge is -2.27. The van der Waals surface area contributed by atoms with E-state index in [1.807, 2.05) is 6.92 Å². The standard InChI is InChI=1S/C16H26N2O2/c1-5-7-8-20-15(19)11-9-12(17)14(13(18)10-11)16(3,4)6-2/h9-10H,5-8,17-18H2,1-4H3. The molecule has 0 aliphatic rings. The summed E-state index contributed by atoms with van der Waals surface area (Å²) in [4.78, 5) is 11.9. The van der Waals surface area contributed by atoms with Gasteiger partial charge in [0.15, 0.2) is 0 Å². The Morgan fingerprint density at radius 1 is 1.20 bits per heavy atom. The van der Waals surface area contributed by atoms with Gasteiger partial charge in [-0.3, -0.25) is 0 Å². The van der Waals surface area contributed by atoms with E-state index in [-0.39, 0.29) is 11.4 Å². The third kappa shape index (κ3) is 3.65. The van der Waals surface area contributed by atoms with Gasteiger partial charge >= 0.3 is 5.97 Å². The second-order valence-electron chi connectivity index (χ2n) is 5.76. The number of nitrogens with two attached hydrogens (primary N) is 2. The van der Waals surface area contributed by atoms with Crippen molar-refractivity contribution >= 4 is 17.3 Å². The normalized spacial score (nSPS) is 11.4. The monoisotopic (exact) mass is 278 g/mol. The molecule has 0 amide bonds. The Morgan fingerprint density at radius 2 is 1.75 bits per heavy atom. The van der Waals surface area contributed by atoms with E-state index in [9.17, 15) is 4.79 Å². The highest BCUT2D eigenvalue weighted by atomic mass is 16.5. The fourth-order valence-corrected chi connectivity index (χ4v) is 2.16. The number of carbonyl (C=O) groups is 1. The van der Waals surface area contributed by atoms with Gasteiger partial charge in [0, 0.05) is 16.9 Å². The Morgan fingerprint density at radius 3 is 2.20 bits per heavy atom. The van der Waals surface area contributed by atoms with Crippen molar-refractivity contribution in [2.45, 2.75) is 52.4 Å². The van der Waals surface area contributed by atoms with Crippen LogP contribution in [-0.4, -0.2) is 12.6 Å². The molecule has 0 saturated carbocycles. The lowest BCUT2D eigenvalue weighted by atomic mass is 9.80. The molecule has 0 atom stereocenters. The molecule has 0 saturated heterocycles. The van der Waals surface area contributed by atoms with E-state index in [0.717, 1.165) is 24.8 Å². The first-order valence-electron chi connectivity index (χ1n) is 7.20. The highest BCUT2D eigenvalue weighted by molar-refractivity contribution is 5.92. The summed E-state index contributed by atoms with van der Waals surface area (Å²) in [5.41, 5.74) is 14.5. The van der Waals surface area contributed by atoms with Gasteiger partial charge in [-0.15, -0.1) is 0 Å². The number of nitrogen functional groups attached to an aromatic ring is 2. The predicted octanol–water partition coefficient (Wildman–Crippen LogP) is 3.50. The lowest BCUT2D eigenvalue weighted by molar-refractivity contribution is 0.0500. The molecule has 1 rings (SSSR count). The summed E-state index contributed by atoms with van der Waals surface area (Å²) in [5, 5.41) is 0. The van der Waals surface area contributed by atoms with E-state index < -0.39 is 0 Å². The smallest absolute Gasteiger partial charge is 0.338 e. The maximum atomic E-state index is 11.9. The molecule has 0 aromatic heterocycles. The number of unbranched alkanes of at least 4 members (excludes halogenated alkanes) is 1. The summed E-state index contributed by atoms with van der Waals surface area (Å²) < 4.78 is 5.18. The van der Waals surface area contributed by atoms with Crippen molar-refractivity contribution in [1.29, 1.82) is 0 Å². The second-order valence-corrected chi connectivity index (χ2v) is 5.76. The third-order valence-corrected chi connectivity index (χ3v) is 3.73. The van der Waals surface area contributed by atoms with E-state index in [1.165, 1.54) is 0 Å². The molecule has 4 N–H and O–H groups in total. The van der Waals surface area contributed by atoms with E-state index in [1.54, 1.807) is 12.1 Å². The first-order valence-corrected chi connectivity index (χ1v) is 7.20. The van der Waals surface area contributed by atoms with Crippen molar-refractivity contribution in [3.63, 3.8) is 0 Å². The van der Waals surface area contributed by atoms with Gasteiger partial charge < -0.3 is 16.2 Å². The first-order chi connectivity index (χ1) is 9.33. The molecule has 0 spiro atoms. The lowest BCUT2D eigenvalue weighted by Crippen LogP contribution is -2.21. The van der Waals surface area contributed by atoms with Crippen LogP contribution in [-0.2, 0) is 10.2 Å². The second kappa shape index (κ2) is 6.64. The quantitative estimate of drug-likeness (QED) is 0.474. The van der Waals surface area contributed by atoms with Crippen molar-refractivity contribution in [3.05, 3.63) is 23.3 Å².